The van der Waals surface area contributed by atoms with Crippen LogP contribution in [0.25, 0.3) is 0 Å². The first-order valence-corrected chi connectivity index (χ1v) is 4.63. The standard InChI is InChI=1S/C11H7F4NO2/c1-2-3-16-8(17)5-18-11-9(14)6(12)4-7(13)10(11)15/h1,4H,3,5H2,(H,16,17). The molecule has 0 heterocycles. The van der Waals surface area contributed by atoms with Crippen LogP contribution in [0.3, 0.4) is 0 Å². The fourth-order valence-corrected chi connectivity index (χ4v) is 1.02. The molecular formula is C11H7F4NO2. The molecule has 0 radical (unpaired) electrons. The second-order valence-electron chi connectivity index (χ2n) is 3.07. The van der Waals surface area contributed by atoms with Crippen molar-refractivity contribution in [1.82, 2.24) is 5.32 Å². The van der Waals surface area contributed by atoms with Gasteiger partial charge in [0.05, 0.1) is 6.54 Å². The smallest absolute Gasteiger partial charge is 0.258 e. The predicted molar refractivity (Wildman–Crippen MR) is 53.6 cm³/mol. The predicted octanol–water partition coefficient (Wildman–Crippen LogP) is 1.37. The van der Waals surface area contributed by atoms with Crippen LogP contribution in [0.15, 0.2) is 6.07 Å². The van der Waals surface area contributed by atoms with Crippen molar-refractivity contribution in [2.75, 3.05) is 13.2 Å². The highest BCUT2D eigenvalue weighted by molar-refractivity contribution is 5.77. The molecule has 0 bridgehead atoms. The van der Waals surface area contributed by atoms with Crippen molar-refractivity contribution in [1.29, 1.82) is 0 Å². The number of carbonyl (C=O) groups is 1. The summed E-state index contributed by atoms with van der Waals surface area (Å²) in [7, 11) is 0. The zero-order chi connectivity index (χ0) is 13.7. The van der Waals surface area contributed by atoms with Gasteiger partial charge in [-0.2, -0.15) is 8.78 Å². The van der Waals surface area contributed by atoms with E-state index in [9.17, 15) is 22.4 Å². The molecule has 1 aromatic rings. The van der Waals surface area contributed by atoms with Gasteiger partial charge in [0.25, 0.3) is 5.91 Å². The van der Waals surface area contributed by atoms with Gasteiger partial charge in [-0.1, -0.05) is 5.92 Å². The summed E-state index contributed by atoms with van der Waals surface area (Å²) >= 11 is 0. The summed E-state index contributed by atoms with van der Waals surface area (Å²) in [5.74, 6) is -6.64. The van der Waals surface area contributed by atoms with Crippen LogP contribution in [-0.4, -0.2) is 19.1 Å². The van der Waals surface area contributed by atoms with Gasteiger partial charge in [0.15, 0.2) is 24.0 Å². The number of hydrogen-bond acceptors (Lipinski definition) is 2. The van der Waals surface area contributed by atoms with Crippen LogP contribution in [0.2, 0.25) is 0 Å². The lowest BCUT2D eigenvalue weighted by Gasteiger charge is -2.08. The van der Waals surface area contributed by atoms with Crippen LogP contribution in [0.5, 0.6) is 5.75 Å². The van der Waals surface area contributed by atoms with E-state index in [0.29, 0.717) is 0 Å². The number of amides is 1. The molecule has 1 N–H and O–H groups in total. The average molecular weight is 261 g/mol. The van der Waals surface area contributed by atoms with E-state index in [2.05, 4.69) is 16.0 Å². The first-order chi connectivity index (χ1) is 8.47. The van der Waals surface area contributed by atoms with Gasteiger partial charge in [-0.3, -0.25) is 4.79 Å². The second-order valence-corrected chi connectivity index (χ2v) is 3.07. The molecule has 0 fully saturated rings. The monoisotopic (exact) mass is 261 g/mol. The maximum absolute atomic E-state index is 13.1. The molecular weight excluding hydrogens is 254 g/mol. The molecule has 1 rings (SSSR count). The number of ether oxygens (including phenoxy) is 1. The Bertz CT molecular complexity index is 484. The van der Waals surface area contributed by atoms with Crippen LogP contribution in [0.4, 0.5) is 17.6 Å². The second kappa shape index (κ2) is 5.91. The van der Waals surface area contributed by atoms with Crippen molar-refractivity contribution < 1.29 is 27.1 Å². The Morgan fingerprint density at radius 2 is 1.83 bits per heavy atom. The Morgan fingerprint density at radius 1 is 1.28 bits per heavy atom. The molecule has 0 aliphatic heterocycles. The molecule has 0 atom stereocenters. The third-order valence-electron chi connectivity index (χ3n) is 1.81. The van der Waals surface area contributed by atoms with E-state index >= 15 is 0 Å². The molecule has 0 saturated carbocycles. The summed E-state index contributed by atoms with van der Waals surface area (Å²) in [5, 5.41) is 2.14. The van der Waals surface area contributed by atoms with Crippen LogP contribution < -0.4 is 10.1 Å². The van der Waals surface area contributed by atoms with E-state index in [1.807, 2.05) is 0 Å². The van der Waals surface area contributed by atoms with Crippen LogP contribution in [0.1, 0.15) is 0 Å². The minimum absolute atomic E-state index is 0.0376. The lowest BCUT2D eigenvalue weighted by Crippen LogP contribution is -2.29. The molecule has 7 heteroatoms. The quantitative estimate of drug-likeness (QED) is 0.505. The van der Waals surface area contributed by atoms with Crippen LogP contribution in [0, 0.1) is 35.6 Å². The number of benzene rings is 1. The van der Waals surface area contributed by atoms with Gasteiger partial charge in [-0.25, -0.2) is 8.78 Å². The van der Waals surface area contributed by atoms with Crippen LogP contribution in [-0.2, 0) is 4.79 Å². The van der Waals surface area contributed by atoms with Crippen molar-refractivity contribution in [3.8, 4) is 18.1 Å². The average Bonchev–Trinajstić information content (AvgIpc) is 2.34. The minimum Gasteiger partial charge on any atom is -0.477 e. The number of terminal acetylenes is 1. The van der Waals surface area contributed by atoms with E-state index in [1.54, 1.807) is 0 Å². The lowest BCUT2D eigenvalue weighted by atomic mass is 10.3. The molecule has 0 aliphatic carbocycles. The summed E-state index contributed by atoms with van der Waals surface area (Å²) in [6.07, 6.45) is 4.85. The van der Waals surface area contributed by atoms with Crippen molar-refractivity contribution in [3.63, 3.8) is 0 Å². The van der Waals surface area contributed by atoms with Crippen molar-refractivity contribution >= 4 is 5.91 Å². The first-order valence-electron chi connectivity index (χ1n) is 4.63. The molecule has 1 amide bonds. The summed E-state index contributed by atoms with van der Waals surface area (Å²) < 4.78 is 56.0. The highest BCUT2D eigenvalue weighted by Crippen LogP contribution is 2.26. The van der Waals surface area contributed by atoms with E-state index in [4.69, 9.17) is 6.42 Å². The van der Waals surface area contributed by atoms with Crippen LogP contribution >= 0.6 is 0 Å². The fourth-order valence-electron chi connectivity index (χ4n) is 1.02. The largest absolute Gasteiger partial charge is 0.477 e. The van der Waals surface area contributed by atoms with E-state index < -0.39 is 41.5 Å². The van der Waals surface area contributed by atoms with Gasteiger partial charge in [0.1, 0.15) is 0 Å². The van der Waals surface area contributed by atoms with Gasteiger partial charge < -0.3 is 10.1 Å². The zero-order valence-corrected chi connectivity index (χ0v) is 8.90. The molecule has 0 saturated heterocycles. The Hall–Kier alpha value is -2.23. The lowest BCUT2D eigenvalue weighted by molar-refractivity contribution is -0.122. The highest BCUT2D eigenvalue weighted by Gasteiger charge is 2.21. The highest BCUT2D eigenvalue weighted by atomic mass is 19.2. The van der Waals surface area contributed by atoms with Gasteiger partial charge in [0.2, 0.25) is 11.6 Å². The van der Waals surface area contributed by atoms with Gasteiger partial charge >= 0.3 is 0 Å². The van der Waals surface area contributed by atoms with E-state index in [-0.39, 0.29) is 12.6 Å². The normalized spacial score (nSPS) is 9.72. The van der Waals surface area contributed by atoms with Crippen molar-refractivity contribution in [2.45, 2.75) is 0 Å². The zero-order valence-electron chi connectivity index (χ0n) is 8.90. The molecule has 0 aliphatic rings. The maximum atomic E-state index is 13.1. The fraction of sp³-hybridized carbons (Fsp3) is 0.182. The molecule has 3 nitrogen and oxygen atoms in total. The molecule has 0 spiro atoms. The summed E-state index contributed by atoms with van der Waals surface area (Å²) in [6.45, 7) is -0.927. The van der Waals surface area contributed by atoms with Gasteiger partial charge in [-0.05, 0) is 0 Å². The molecule has 1 aromatic carbocycles. The van der Waals surface area contributed by atoms with E-state index in [0.717, 1.165) is 0 Å². The Labute approximate surface area is 99.7 Å². The number of hydrogen-bond donors (Lipinski definition) is 1. The summed E-state index contributed by atoms with van der Waals surface area (Å²) in [6, 6.07) is 0.0376. The number of nitrogens with one attached hydrogen (secondary N) is 1. The number of halogens is 4. The Kier molecular flexibility index (Phi) is 4.54. The minimum atomic E-state index is -1.71. The maximum Gasteiger partial charge on any atom is 0.258 e. The third-order valence-corrected chi connectivity index (χ3v) is 1.81. The Morgan fingerprint density at radius 3 is 2.33 bits per heavy atom. The summed E-state index contributed by atoms with van der Waals surface area (Å²) in [4.78, 5) is 11.0. The molecule has 18 heavy (non-hydrogen) atoms. The molecule has 96 valence electrons. The third kappa shape index (κ3) is 3.13. The Balaban J connectivity index is 2.79. The van der Waals surface area contributed by atoms with E-state index in [1.165, 1.54) is 0 Å². The summed E-state index contributed by atoms with van der Waals surface area (Å²) in [5.41, 5.74) is 0. The van der Waals surface area contributed by atoms with Crippen molar-refractivity contribution in [2.24, 2.45) is 0 Å². The number of rotatable bonds is 4. The molecule has 0 aromatic heterocycles. The van der Waals surface area contributed by atoms with Gasteiger partial charge in [-0.15, -0.1) is 6.42 Å². The molecule has 0 unspecified atom stereocenters. The topological polar surface area (TPSA) is 38.3 Å². The van der Waals surface area contributed by atoms with Crippen molar-refractivity contribution in [3.05, 3.63) is 29.3 Å². The SMILES string of the molecule is C#CCNC(=O)COc1c(F)c(F)cc(F)c1F. The van der Waals surface area contributed by atoms with Gasteiger partial charge in [0, 0.05) is 6.07 Å². The number of carbonyl (C=O) groups excluding carboxylic acids is 1. The first kappa shape index (κ1) is 13.8.